The minimum atomic E-state index is 0.0786. The highest BCUT2D eigenvalue weighted by molar-refractivity contribution is 5.78. The number of piperidine rings is 1. The van der Waals surface area contributed by atoms with Crippen LogP contribution in [0, 0.1) is 18.8 Å². The molecule has 0 radical (unpaired) electrons. The van der Waals surface area contributed by atoms with E-state index in [0.29, 0.717) is 12.5 Å². The van der Waals surface area contributed by atoms with Crippen molar-refractivity contribution in [1.29, 1.82) is 0 Å². The maximum absolute atomic E-state index is 12.1. The van der Waals surface area contributed by atoms with Crippen molar-refractivity contribution >= 4 is 5.91 Å². The van der Waals surface area contributed by atoms with Gasteiger partial charge in [0.15, 0.2) is 0 Å². The summed E-state index contributed by atoms with van der Waals surface area (Å²) in [5.41, 5.74) is 0. The first-order chi connectivity index (χ1) is 10.2. The van der Waals surface area contributed by atoms with Gasteiger partial charge < -0.3 is 14.5 Å². The normalized spacial score (nSPS) is 29.9. The van der Waals surface area contributed by atoms with Gasteiger partial charge in [0.25, 0.3) is 0 Å². The van der Waals surface area contributed by atoms with Crippen molar-refractivity contribution in [2.45, 2.75) is 32.4 Å². The predicted molar refractivity (Wildman–Crippen MR) is 78.7 cm³/mol. The van der Waals surface area contributed by atoms with Crippen molar-refractivity contribution in [3.05, 3.63) is 23.7 Å². The summed E-state index contributed by atoms with van der Waals surface area (Å²) in [6, 6.07) is 4.04. The van der Waals surface area contributed by atoms with Crippen molar-refractivity contribution in [2.24, 2.45) is 11.8 Å². The Kier molecular flexibility index (Phi) is 4.31. The molecule has 5 heteroatoms. The van der Waals surface area contributed by atoms with Crippen LogP contribution >= 0.6 is 0 Å². The van der Waals surface area contributed by atoms with E-state index in [-0.39, 0.29) is 17.9 Å². The highest BCUT2D eigenvalue weighted by Gasteiger charge is 2.41. The molecule has 0 aromatic carbocycles. The van der Waals surface area contributed by atoms with Gasteiger partial charge in [0.2, 0.25) is 5.91 Å². The molecule has 3 heterocycles. The average Bonchev–Trinajstić information content (AvgIpc) is 2.91. The summed E-state index contributed by atoms with van der Waals surface area (Å²) in [6.45, 7) is 5.39. The summed E-state index contributed by atoms with van der Waals surface area (Å²) in [6.07, 6.45) is 2.06. The summed E-state index contributed by atoms with van der Waals surface area (Å²) in [5, 5.41) is 2.80. The van der Waals surface area contributed by atoms with Crippen LogP contribution in [0.25, 0.3) is 0 Å². The number of amides is 1. The first kappa shape index (κ1) is 14.6. The average molecular weight is 292 g/mol. The maximum Gasteiger partial charge on any atom is 0.223 e. The Morgan fingerprint density at radius 2 is 2.29 bits per heavy atom. The third-order valence-electron chi connectivity index (χ3n) is 4.71. The summed E-state index contributed by atoms with van der Waals surface area (Å²) < 4.78 is 11.5. The molecule has 2 aliphatic heterocycles. The minimum absolute atomic E-state index is 0.0786. The molecule has 1 amide bonds. The molecular weight excluding hydrogens is 268 g/mol. The van der Waals surface area contributed by atoms with Crippen LogP contribution in [0.15, 0.2) is 16.5 Å². The van der Waals surface area contributed by atoms with E-state index < -0.39 is 0 Å². The Morgan fingerprint density at radius 3 is 3.00 bits per heavy atom. The Labute approximate surface area is 125 Å². The summed E-state index contributed by atoms with van der Waals surface area (Å²) in [7, 11) is 1.72. The fourth-order valence-electron chi connectivity index (χ4n) is 3.63. The second kappa shape index (κ2) is 6.20. The molecule has 3 atom stereocenters. The number of carbonyl (C=O) groups is 1. The number of nitrogens with zero attached hydrogens (tertiary/aromatic N) is 1. The number of rotatable bonds is 3. The van der Waals surface area contributed by atoms with Gasteiger partial charge in [-0.2, -0.15) is 0 Å². The largest absolute Gasteiger partial charge is 0.465 e. The van der Waals surface area contributed by atoms with Crippen molar-refractivity contribution in [1.82, 2.24) is 10.2 Å². The van der Waals surface area contributed by atoms with Crippen LogP contribution in [0.3, 0.4) is 0 Å². The van der Waals surface area contributed by atoms with Gasteiger partial charge >= 0.3 is 0 Å². The third-order valence-corrected chi connectivity index (χ3v) is 4.71. The summed E-state index contributed by atoms with van der Waals surface area (Å²) in [5.74, 6) is 2.48. The summed E-state index contributed by atoms with van der Waals surface area (Å²) >= 11 is 0. The van der Waals surface area contributed by atoms with E-state index in [1.807, 2.05) is 19.1 Å². The van der Waals surface area contributed by atoms with Crippen LogP contribution in [0.4, 0.5) is 0 Å². The molecule has 2 saturated heterocycles. The molecule has 0 spiro atoms. The van der Waals surface area contributed by atoms with Gasteiger partial charge in [0.05, 0.1) is 12.6 Å². The Hall–Kier alpha value is -1.33. The molecule has 2 aliphatic rings. The van der Waals surface area contributed by atoms with Gasteiger partial charge in [-0.3, -0.25) is 9.69 Å². The lowest BCUT2D eigenvalue weighted by Crippen LogP contribution is -2.52. The molecule has 5 nitrogen and oxygen atoms in total. The van der Waals surface area contributed by atoms with Crippen molar-refractivity contribution in [3.63, 3.8) is 0 Å². The van der Waals surface area contributed by atoms with E-state index in [1.54, 1.807) is 7.05 Å². The van der Waals surface area contributed by atoms with Gasteiger partial charge in [0, 0.05) is 38.6 Å². The highest BCUT2D eigenvalue weighted by atomic mass is 16.5. The molecule has 0 unspecified atom stereocenters. The zero-order valence-corrected chi connectivity index (χ0v) is 12.8. The van der Waals surface area contributed by atoms with Crippen molar-refractivity contribution in [2.75, 3.05) is 26.7 Å². The number of ether oxygens (including phenoxy) is 1. The lowest BCUT2D eigenvalue weighted by molar-refractivity contribution is -0.141. The lowest BCUT2D eigenvalue weighted by Gasteiger charge is -2.44. The van der Waals surface area contributed by atoms with Crippen LogP contribution in [0.5, 0.6) is 0 Å². The first-order valence-corrected chi connectivity index (χ1v) is 7.78. The van der Waals surface area contributed by atoms with Crippen molar-refractivity contribution < 1.29 is 13.9 Å². The predicted octanol–water partition coefficient (Wildman–Crippen LogP) is 1.56. The van der Waals surface area contributed by atoms with Crippen molar-refractivity contribution in [3.8, 4) is 0 Å². The third kappa shape index (κ3) is 3.14. The van der Waals surface area contributed by atoms with Gasteiger partial charge in [-0.25, -0.2) is 0 Å². The number of likely N-dealkylation sites (tertiary alicyclic amines) is 1. The SMILES string of the molecule is CNC(=O)[C@@H]1CCO[C@@H]2CCN(Cc3ccc(C)o3)C[C@H]21. The smallest absolute Gasteiger partial charge is 0.223 e. The van der Waals surface area contributed by atoms with Gasteiger partial charge in [-0.05, 0) is 31.9 Å². The fraction of sp³-hybridized carbons (Fsp3) is 0.688. The standard InChI is InChI=1S/C16H24N2O3/c1-11-3-4-12(21-11)9-18-7-5-15-14(10-18)13(6-8-20-15)16(19)17-2/h3-4,13-15H,5-10H2,1-2H3,(H,17,19)/t13-,14+,15-/m1/s1. The van der Waals surface area contributed by atoms with Crippen LogP contribution in [-0.4, -0.2) is 43.7 Å². The Balaban J connectivity index is 1.66. The zero-order valence-electron chi connectivity index (χ0n) is 12.8. The molecule has 21 heavy (non-hydrogen) atoms. The topological polar surface area (TPSA) is 54.7 Å². The molecular formula is C16H24N2O3. The van der Waals surface area contributed by atoms with E-state index in [4.69, 9.17) is 9.15 Å². The van der Waals surface area contributed by atoms with E-state index >= 15 is 0 Å². The number of fused-ring (bicyclic) bond motifs is 1. The van der Waals surface area contributed by atoms with Crippen LogP contribution in [0.1, 0.15) is 24.4 Å². The molecule has 1 aromatic rings. The molecule has 1 N–H and O–H groups in total. The first-order valence-electron chi connectivity index (χ1n) is 7.78. The maximum atomic E-state index is 12.1. The fourth-order valence-corrected chi connectivity index (χ4v) is 3.63. The van der Waals surface area contributed by atoms with Crippen LogP contribution < -0.4 is 5.32 Å². The minimum Gasteiger partial charge on any atom is -0.465 e. The molecule has 2 fully saturated rings. The van der Waals surface area contributed by atoms with Crippen LogP contribution in [-0.2, 0) is 16.1 Å². The Morgan fingerprint density at radius 1 is 1.43 bits per heavy atom. The van der Waals surface area contributed by atoms with Gasteiger partial charge in [-0.1, -0.05) is 0 Å². The van der Waals surface area contributed by atoms with E-state index in [1.165, 1.54) is 0 Å². The monoisotopic (exact) mass is 292 g/mol. The number of carbonyl (C=O) groups excluding carboxylic acids is 1. The second-order valence-electron chi connectivity index (χ2n) is 6.12. The van der Waals surface area contributed by atoms with Gasteiger partial charge in [-0.15, -0.1) is 0 Å². The molecule has 116 valence electrons. The number of hydrogen-bond acceptors (Lipinski definition) is 4. The Bertz CT molecular complexity index is 499. The van der Waals surface area contributed by atoms with E-state index in [2.05, 4.69) is 10.2 Å². The van der Waals surface area contributed by atoms with E-state index in [9.17, 15) is 4.79 Å². The number of nitrogens with one attached hydrogen (secondary N) is 1. The van der Waals surface area contributed by atoms with Gasteiger partial charge in [0.1, 0.15) is 11.5 Å². The molecule has 0 aliphatic carbocycles. The summed E-state index contributed by atoms with van der Waals surface area (Å²) in [4.78, 5) is 14.5. The van der Waals surface area contributed by atoms with Crippen LogP contribution in [0.2, 0.25) is 0 Å². The highest BCUT2D eigenvalue weighted by Crippen LogP contribution is 2.33. The second-order valence-corrected chi connectivity index (χ2v) is 6.12. The molecule has 3 rings (SSSR count). The molecule has 1 aromatic heterocycles. The van der Waals surface area contributed by atoms with E-state index in [0.717, 1.165) is 44.0 Å². The number of furan rings is 1. The lowest BCUT2D eigenvalue weighted by atomic mass is 9.79. The zero-order chi connectivity index (χ0) is 14.8. The molecule has 0 bridgehead atoms. The number of hydrogen-bond donors (Lipinski definition) is 1. The number of aryl methyl sites for hydroxylation is 1. The quantitative estimate of drug-likeness (QED) is 0.918. The molecule has 0 saturated carbocycles.